The van der Waals surface area contributed by atoms with Crippen LogP contribution in [0, 0.1) is 0 Å². The monoisotopic (exact) mass is 282 g/mol. The van der Waals surface area contributed by atoms with Crippen LogP contribution in [0.25, 0.3) is 10.2 Å². The van der Waals surface area contributed by atoms with Gasteiger partial charge in [-0.1, -0.05) is 18.3 Å². The molecule has 5 heteroatoms. The first-order valence-corrected chi connectivity index (χ1v) is 8.13. The minimum atomic E-state index is 0.594. The summed E-state index contributed by atoms with van der Waals surface area (Å²) < 4.78 is 6.66. The Morgan fingerprint density at radius 1 is 1.50 bits per heavy atom. The normalized spacial score (nSPS) is 12.6. The van der Waals surface area contributed by atoms with Crippen LogP contribution in [0.4, 0.5) is 5.13 Å². The van der Waals surface area contributed by atoms with E-state index >= 15 is 0 Å². The first kappa shape index (κ1) is 13.5. The number of anilines is 1. The van der Waals surface area contributed by atoms with Crippen molar-refractivity contribution in [3.05, 3.63) is 18.2 Å². The van der Waals surface area contributed by atoms with Crippen molar-refractivity contribution in [1.29, 1.82) is 0 Å². The number of nitrogens with one attached hydrogen (secondary N) is 1. The number of fused-ring (bicyclic) bond motifs is 1. The summed E-state index contributed by atoms with van der Waals surface area (Å²) >= 11 is 3.53. The van der Waals surface area contributed by atoms with E-state index in [1.54, 1.807) is 11.3 Å². The van der Waals surface area contributed by atoms with Crippen LogP contribution in [0.1, 0.15) is 13.8 Å². The third-order valence-corrected chi connectivity index (χ3v) is 4.56. The number of benzene rings is 1. The summed E-state index contributed by atoms with van der Waals surface area (Å²) in [4.78, 5) is 4.56. The number of nitrogens with zero attached hydrogens (tertiary/aromatic N) is 1. The quantitative estimate of drug-likeness (QED) is 0.872. The molecule has 18 heavy (non-hydrogen) atoms. The molecule has 0 saturated carbocycles. The maximum Gasteiger partial charge on any atom is 0.183 e. The molecule has 0 aliphatic carbocycles. The van der Waals surface area contributed by atoms with E-state index in [9.17, 15) is 0 Å². The molecule has 1 aromatic heterocycles. The minimum absolute atomic E-state index is 0.594. The summed E-state index contributed by atoms with van der Waals surface area (Å²) in [6, 6.07) is 6.04. The van der Waals surface area contributed by atoms with Gasteiger partial charge in [0.05, 0.1) is 16.8 Å². The molecule has 1 N–H and O–H groups in total. The highest BCUT2D eigenvalue weighted by Crippen LogP contribution is 2.29. The summed E-state index contributed by atoms with van der Waals surface area (Å²) in [7, 11) is 0. The van der Waals surface area contributed by atoms with Crippen molar-refractivity contribution in [2.45, 2.75) is 19.1 Å². The maximum atomic E-state index is 5.49. The lowest BCUT2D eigenvalue weighted by Gasteiger charge is -2.07. The zero-order chi connectivity index (χ0) is 13.0. The fourth-order valence-electron chi connectivity index (χ4n) is 1.55. The highest BCUT2D eigenvalue weighted by atomic mass is 32.2. The Morgan fingerprint density at radius 2 is 2.33 bits per heavy atom. The summed E-state index contributed by atoms with van der Waals surface area (Å²) in [5.74, 6) is 0.915. The topological polar surface area (TPSA) is 34.1 Å². The van der Waals surface area contributed by atoms with Crippen LogP contribution in [0.3, 0.4) is 0 Å². The van der Waals surface area contributed by atoms with Crippen molar-refractivity contribution in [3.63, 3.8) is 0 Å². The van der Waals surface area contributed by atoms with Gasteiger partial charge in [-0.25, -0.2) is 4.98 Å². The van der Waals surface area contributed by atoms with Crippen molar-refractivity contribution in [2.24, 2.45) is 0 Å². The van der Waals surface area contributed by atoms with Crippen LogP contribution in [0.2, 0.25) is 0 Å². The van der Waals surface area contributed by atoms with Gasteiger partial charge in [0.2, 0.25) is 0 Å². The molecule has 0 aliphatic rings. The largest absolute Gasteiger partial charge is 0.494 e. The summed E-state index contributed by atoms with van der Waals surface area (Å²) in [6.07, 6.45) is 2.12. The Morgan fingerprint density at radius 3 is 3.06 bits per heavy atom. The Balaban J connectivity index is 2.11. The van der Waals surface area contributed by atoms with Crippen LogP contribution in [-0.4, -0.2) is 29.6 Å². The van der Waals surface area contributed by atoms with Crippen molar-refractivity contribution in [3.8, 4) is 5.75 Å². The second-order valence-electron chi connectivity index (χ2n) is 4.01. The molecule has 1 heterocycles. The first-order valence-electron chi connectivity index (χ1n) is 6.03. The molecule has 2 rings (SSSR count). The molecule has 98 valence electrons. The van der Waals surface area contributed by atoms with E-state index in [2.05, 4.69) is 29.5 Å². The lowest BCUT2D eigenvalue weighted by atomic mass is 10.3. The average Bonchev–Trinajstić information content (AvgIpc) is 2.78. The van der Waals surface area contributed by atoms with Crippen LogP contribution < -0.4 is 10.1 Å². The smallest absolute Gasteiger partial charge is 0.183 e. The van der Waals surface area contributed by atoms with Gasteiger partial charge < -0.3 is 10.1 Å². The van der Waals surface area contributed by atoms with Gasteiger partial charge in [-0.05, 0) is 31.4 Å². The van der Waals surface area contributed by atoms with E-state index in [-0.39, 0.29) is 0 Å². The van der Waals surface area contributed by atoms with E-state index in [1.807, 2.05) is 30.8 Å². The molecule has 3 nitrogen and oxygen atoms in total. The number of rotatable bonds is 6. The Kier molecular flexibility index (Phi) is 4.72. The molecule has 0 amide bonds. The summed E-state index contributed by atoms with van der Waals surface area (Å²) in [5.41, 5.74) is 1.03. The number of aromatic nitrogens is 1. The predicted octanol–water partition coefficient (Wildman–Crippen LogP) is 3.86. The van der Waals surface area contributed by atoms with Crippen molar-refractivity contribution < 1.29 is 4.74 Å². The molecule has 1 atom stereocenters. The second kappa shape index (κ2) is 6.29. The number of hydrogen-bond acceptors (Lipinski definition) is 5. The van der Waals surface area contributed by atoms with Gasteiger partial charge in [-0.3, -0.25) is 0 Å². The maximum absolute atomic E-state index is 5.49. The van der Waals surface area contributed by atoms with Crippen LogP contribution >= 0.6 is 23.1 Å². The van der Waals surface area contributed by atoms with Crippen molar-refractivity contribution >= 4 is 38.4 Å². The number of thiazole rings is 1. The minimum Gasteiger partial charge on any atom is -0.494 e. The van der Waals surface area contributed by atoms with Gasteiger partial charge in [0.1, 0.15) is 5.75 Å². The summed E-state index contributed by atoms with van der Waals surface area (Å²) in [5, 5.41) is 4.96. The van der Waals surface area contributed by atoms with Gasteiger partial charge in [-0.2, -0.15) is 11.8 Å². The predicted molar refractivity (Wildman–Crippen MR) is 82.3 cm³/mol. The van der Waals surface area contributed by atoms with Gasteiger partial charge in [0.15, 0.2) is 5.13 Å². The zero-order valence-electron chi connectivity index (χ0n) is 10.9. The standard InChI is InChI=1S/C13H18N2OS2/c1-4-16-10-5-6-11-12(7-10)18-13(15-11)14-8-9(2)17-3/h5-7,9H,4,8H2,1-3H3,(H,14,15). The van der Waals surface area contributed by atoms with Crippen LogP contribution in [0.5, 0.6) is 5.75 Å². The molecule has 1 unspecified atom stereocenters. The Hall–Kier alpha value is -0.940. The first-order chi connectivity index (χ1) is 8.72. The number of thioether (sulfide) groups is 1. The Labute approximate surface area is 116 Å². The third kappa shape index (κ3) is 3.29. The third-order valence-electron chi connectivity index (χ3n) is 2.61. The molecular formula is C13H18N2OS2. The summed E-state index contributed by atoms with van der Waals surface area (Å²) in [6.45, 7) is 5.84. The van der Waals surface area contributed by atoms with E-state index in [1.165, 1.54) is 4.70 Å². The zero-order valence-corrected chi connectivity index (χ0v) is 12.5. The Bertz CT molecular complexity index is 513. The molecule has 0 bridgehead atoms. The van der Waals surface area contributed by atoms with Crippen molar-refractivity contribution in [2.75, 3.05) is 24.7 Å². The number of ether oxygens (including phenoxy) is 1. The molecule has 1 aromatic carbocycles. The second-order valence-corrected chi connectivity index (χ2v) is 6.32. The fraction of sp³-hybridized carbons (Fsp3) is 0.462. The van der Waals surface area contributed by atoms with Gasteiger partial charge in [0, 0.05) is 11.8 Å². The molecule has 0 saturated heterocycles. The molecule has 0 aliphatic heterocycles. The highest BCUT2D eigenvalue weighted by molar-refractivity contribution is 7.99. The van der Waals surface area contributed by atoms with Crippen molar-refractivity contribution in [1.82, 2.24) is 4.98 Å². The SMILES string of the molecule is CCOc1ccc2nc(NCC(C)SC)sc2c1. The number of hydrogen-bond donors (Lipinski definition) is 1. The molecule has 2 aromatic rings. The molecule has 0 fully saturated rings. The fourth-order valence-corrected chi connectivity index (χ4v) is 2.70. The van der Waals surface area contributed by atoms with Crippen LogP contribution in [0.15, 0.2) is 18.2 Å². The van der Waals surface area contributed by atoms with Gasteiger partial charge >= 0.3 is 0 Å². The molecular weight excluding hydrogens is 264 g/mol. The van der Waals surface area contributed by atoms with Gasteiger partial charge in [-0.15, -0.1) is 0 Å². The highest BCUT2D eigenvalue weighted by Gasteiger charge is 2.06. The average molecular weight is 282 g/mol. The van der Waals surface area contributed by atoms with Gasteiger partial charge in [0.25, 0.3) is 0 Å². The van der Waals surface area contributed by atoms with E-state index in [0.717, 1.165) is 22.9 Å². The lowest BCUT2D eigenvalue weighted by molar-refractivity contribution is 0.341. The van der Waals surface area contributed by atoms with E-state index < -0.39 is 0 Å². The van der Waals surface area contributed by atoms with E-state index in [4.69, 9.17) is 4.74 Å². The van der Waals surface area contributed by atoms with Crippen LogP contribution in [-0.2, 0) is 0 Å². The van der Waals surface area contributed by atoms with E-state index in [0.29, 0.717) is 11.9 Å². The lowest BCUT2D eigenvalue weighted by Crippen LogP contribution is -2.12. The molecule has 0 spiro atoms. The molecule has 0 radical (unpaired) electrons.